The number of aromatic nitrogens is 5. The Morgan fingerprint density at radius 1 is 1.24 bits per heavy atom. The summed E-state index contributed by atoms with van der Waals surface area (Å²) in [6, 6.07) is 2.13. The van der Waals surface area contributed by atoms with Crippen molar-refractivity contribution in [1.29, 1.82) is 5.41 Å². The highest BCUT2D eigenvalue weighted by Gasteiger charge is 2.15. The van der Waals surface area contributed by atoms with E-state index >= 15 is 0 Å². The van der Waals surface area contributed by atoms with Crippen LogP contribution in [0, 0.1) is 5.41 Å². The smallest absolute Gasteiger partial charge is 0.0999 e. The Balaban J connectivity index is 2.04. The molecule has 0 saturated carbocycles. The molecule has 0 aliphatic heterocycles. The molecule has 0 aromatic carbocycles. The summed E-state index contributed by atoms with van der Waals surface area (Å²) in [7, 11) is 0. The Hall–Kier alpha value is -3.00. The van der Waals surface area contributed by atoms with Gasteiger partial charge in [0.2, 0.25) is 0 Å². The molecule has 2 unspecified atom stereocenters. The standard InChI is InChI=1S/C21H29N7O/c1-5-18(6-2)27-12-17(11-25-27)21-20-7-8-24-28(20)13-19(26-21)16(9-22)10-23-14(3)15(4)29/h7-15,18,22-23,29H,5-6H2,1-4H3/b16-10+,22-9?. The van der Waals surface area contributed by atoms with E-state index in [9.17, 15) is 5.11 Å². The molecule has 0 aliphatic rings. The van der Waals surface area contributed by atoms with Crippen LogP contribution in [-0.2, 0) is 0 Å². The second-order valence-electron chi connectivity index (χ2n) is 7.26. The van der Waals surface area contributed by atoms with Crippen LogP contribution in [0.5, 0.6) is 0 Å². The van der Waals surface area contributed by atoms with Crippen molar-refractivity contribution in [3.05, 3.63) is 42.7 Å². The maximum Gasteiger partial charge on any atom is 0.0999 e. The van der Waals surface area contributed by atoms with Gasteiger partial charge in [0.1, 0.15) is 0 Å². The summed E-state index contributed by atoms with van der Waals surface area (Å²) in [5, 5.41) is 29.5. The minimum Gasteiger partial charge on any atom is -0.391 e. The van der Waals surface area contributed by atoms with Gasteiger partial charge in [0.15, 0.2) is 0 Å². The quantitative estimate of drug-likeness (QED) is 0.482. The van der Waals surface area contributed by atoms with Gasteiger partial charge in [-0.25, -0.2) is 9.50 Å². The van der Waals surface area contributed by atoms with Crippen LogP contribution in [0.15, 0.2) is 37.1 Å². The fourth-order valence-electron chi connectivity index (χ4n) is 3.15. The first-order valence-electron chi connectivity index (χ1n) is 10.0. The lowest BCUT2D eigenvalue weighted by atomic mass is 10.1. The third kappa shape index (κ3) is 4.37. The Morgan fingerprint density at radius 2 is 2.00 bits per heavy atom. The third-order valence-corrected chi connectivity index (χ3v) is 5.26. The highest BCUT2D eigenvalue weighted by Crippen LogP contribution is 2.26. The SMILES string of the molecule is CCC(CC)n1cc(-c2nc(/C(C=N)=C/NC(C)C(C)O)cn3nccc23)cn1. The van der Waals surface area contributed by atoms with Gasteiger partial charge in [-0.2, -0.15) is 10.2 Å². The number of nitrogens with one attached hydrogen (secondary N) is 2. The van der Waals surface area contributed by atoms with E-state index in [-0.39, 0.29) is 6.04 Å². The molecule has 3 N–H and O–H groups in total. The van der Waals surface area contributed by atoms with E-state index in [1.165, 1.54) is 6.21 Å². The van der Waals surface area contributed by atoms with E-state index in [0.29, 0.717) is 17.3 Å². The van der Waals surface area contributed by atoms with Gasteiger partial charge in [-0.3, -0.25) is 4.68 Å². The summed E-state index contributed by atoms with van der Waals surface area (Å²) < 4.78 is 3.76. The summed E-state index contributed by atoms with van der Waals surface area (Å²) in [4.78, 5) is 4.83. The van der Waals surface area contributed by atoms with E-state index in [0.717, 1.165) is 29.6 Å². The average Bonchev–Trinajstić information content (AvgIpc) is 3.38. The third-order valence-electron chi connectivity index (χ3n) is 5.26. The Labute approximate surface area is 170 Å². The normalized spacial score (nSPS) is 14.3. The topological polar surface area (TPSA) is 104 Å². The van der Waals surface area contributed by atoms with Gasteiger partial charge in [-0.15, -0.1) is 0 Å². The van der Waals surface area contributed by atoms with Crippen LogP contribution < -0.4 is 5.32 Å². The van der Waals surface area contributed by atoms with Gasteiger partial charge in [0, 0.05) is 35.8 Å². The molecule has 8 heteroatoms. The van der Waals surface area contributed by atoms with E-state index in [2.05, 4.69) is 29.4 Å². The fourth-order valence-corrected chi connectivity index (χ4v) is 3.15. The second-order valence-corrected chi connectivity index (χ2v) is 7.26. The fraction of sp³-hybridized carbons (Fsp3) is 0.429. The molecule has 0 aliphatic carbocycles. The van der Waals surface area contributed by atoms with Gasteiger partial charge in [0.05, 0.1) is 47.6 Å². The first-order valence-corrected chi connectivity index (χ1v) is 10.0. The number of aliphatic hydroxyl groups is 1. The van der Waals surface area contributed by atoms with Crippen LogP contribution >= 0.6 is 0 Å². The number of hydrogen-bond donors (Lipinski definition) is 3. The van der Waals surface area contributed by atoms with Crippen LogP contribution in [0.3, 0.4) is 0 Å². The summed E-state index contributed by atoms with van der Waals surface area (Å²) in [5.41, 5.74) is 3.79. The molecule has 8 nitrogen and oxygen atoms in total. The molecule has 3 aromatic heterocycles. The molecule has 3 heterocycles. The number of hydrogen-bond acceptors (Lipinski definition) is 6. The van der Waals surface area contributed by atoms with Crippen molar-refractivity contribution in [2.75, 3.05) is 0 Å². The number of aliphatic hydroxyl groups excluding tert-OH is 1. The minimum atomic E-state index is -0.508. The van der Waals surface area contributed by atoms with Crippen molar-refractivity contribution in [2.24, 2.45) is 0 Å². The molecule has 0 saturated heterocycles. The Morgan fingerprint density at radius 3 is 2.66 bits per heavy atom. The molecule has 3 aromatic rings. The van der Waals surface area contributed by atoms with E-state index in [1.807, 2.05) is 30.1 Å². The number of nitrogens with zero attached hydrogens (tertiary/aromatic N) is 5. The number of allylic oxidation sites excluding steroid dienone is 1. The van der Waals surface area contributed by atoms with Gasteiger partial charge in [-0.05, 0) is 32.8 Å². The van der Waals surface area contributed by atoms with Gasteiger partial charge in [-0.1, -0.05) is 13.8 Å². The molecule has 29 heavy (non-hydrogen) atoms. The highest BCUT2D eigenvalue weighted by atomic mass is 16.3. The van der Waals surface area contributed by atoms with Crippen LogP contribution in [0.25, 0.3) is 22.3 Å². The van der Waals surface area contributed by atoms with E-state index < -0.39 is 6.10 Å². The molecule has 0 amide bonds. The lowest BCUT2D eigenvalue weighted by Gasteiger charge is -2.15. The maximum absolute atomic E-state index is 9.68. The predicted octanol–water partition coefficient (Wildman–Crippen LogP) is 3.30. The van der Waals surface area contributed by atoms with E-state index in [1.54, 1.807) is 30.0 Å². The zero-order valence-electron chi connectivity index (χ0n) is 17.4. The molecule has 154 valence electrons. The van der Waals surface area contributed by atoms with E-state index in [4.69, 9.17) is 10.4 Å². The van der Waals surface area contributed by atoms with Gasteiger partial charge >= 0.3 is 0 Å². The summed E-state index contributed by atoms with van der Waals surface area (Å²) >= 11 is 0. The van der Waals surface area contributed by atoms with Crippen molar-refractivity contribution in [1.82, 2.24) is 29.7 Å². The molecule has 0 radical (unpaired) electrons. The molecule has 0 spiro atoms. The lowest BCUT2D eigenvalue weighted by Crippen LogP contribution is -2.32. The lowest BCUT2D eigenvalue weighted by molar-refractivity contribution is 0.160. The summed E-state index contributed by atoms with van der Waals surface area (Å²) in [6.07, 6.45) is 11.9. The van der Waals surface area contributed by atoms with Crippen molar-refractivity contribution in [3.8, 4) is 11.3 Å². The predicted molar refractivity (Wildman–Crippen MR) is 115 cm³/mol. The minimum absolute atomic E-state index is 0.142. The highest BCUT2D eigenvalue weighted by molar-refractivity contribution is 6.07. The van der Waals surface area contributed by atoms with Crippen LogP contribution in [0.4, 0.5) is 0 Å². The van der Waals surface area contributed by atoms with Crippen LogP contribution in [0.2, 0.25) is 0 Å². The maximum atomic E-state index is 9.68. The monoisotopic (exact) mass is 395 g/mol. The van der Waals surface area contributed by atoms with Crippen molar-refractivity contribution in [3.63, 3.8) is 0 Å². The molecule has 0 fully saturated rings. The zero-order chi connectivity index (χ0) is 21.0. The number of fused-ring (bicyclic) bond motifs is 1. The molecule has 3 rings (SSSR count). The first-order chi connectivity index (χ1) is 14.0. The van der Waals surface area contributed by atoms with Crippen molar-refractivity contribution in [2.45, 2.75) is 58.7 Å². The average molecular weight is 396 g/mol. The summed E-state index contributed by atoms with van der Waals surface area (Å²) in [5.74, 6) is 0. The van der Waals surface area contributed by atoms with Crippen LogP contribution in [0.1, 0.15) is 52.3 Å². The van der Waals surface area contributed by atoms with Crippen molar-refractivity contribution >= 4 is 17.3 Å². The Kier molecular flexibility index (Phi) is 6.43. The molecule has 0 bridgehead atoms. The van der Waals surface area contributed by atoms with Crippen molar-refractivity contribution < 1.29 is 5.11 Å². The molecule has 2 atom stereocenters. The largest absolute Gasteiger partial charge is 0.391 e. The van der Waals surface area contributed by atoms with Gasteiger partial charge < -0.3 is 15.8 Å². The second kappa shape index (κ2) is 9.00. The number of rotatable bonds is 9. The molecular weight excluding hydrogens is 366 g/mol. The molecular formula is C21H29N7O. The Bertz CT molecular complexity index is 998. The zero-order valence-corrected chi connectivity index (χ0v) is 17.4. The first kappa shape index (κ1) is 20.7. The van der Waals surface area contributed by atoms with Crippen LogP contribution in [-0.4, -0.2) is 47.8 Å². The summed E-state index contributed by atoms with van der Waals surface area (Å²) in [6.45, 7) is 7.92. The van der Waals surface area contributed by atoms with Gasteiger partial charge in [0.25, 0.3) is 0 Å².